The third-order valence-electron chi connectivity index (χ3n) is 2.80. The summed E-state index contributed by atoms with van der Waals surface area (Å²) in [5, 5.41) is 3.46. The maximum atomic E-state index is 4.03. The molecule has 0 atom stereocenters. The third kappa shape index (κ3) is 4.63. The third-order valence-corrected chi connectivity index (χ3v) is 3.29. The van der Waals surface area contributed by atoms with E-state index >= 15 is 0 Å². The van der Waals surface area contributed by atoms with E-state index in [1.807, 2.05) is 18.7 Å². The molecular weight excluding hydrogens is 290 g/mol. The van der Waals surface area contributed by atoms with Gasteiger partial charge in [-0.15, -0.1) is 0 Å². The molecule has 1 aromatic carbocycles. The number of nitrogens with one attached hydrogen (secondary N) is 1. The molecule has 0 amide bonds. The maximum absolute atomic E-state index is 4.03. The Bertz CT molecular complexity index is 454. The van der Waals surface area contributed by atoms with Crippen LogP contribution in [0.5, 0.6) is 0 Å². The van der Waals surface area contributed by atoms with Crippen molar-refractivity contribution in [2.75, 3.05) is 6.54 Å². The van der Waals surface area contributed by atoms with Crippen LogP contribution in [0.2, 0.25) is 0 Å². The summed E-state index contributed by atoms with van der Waals surface area (Å²) in [5.74, 6) is 0. The molecule has 0 saturated heterocycles. The summed E-state index contributed by atoms with van der Waals surface area (Å²) in [6.07, 6.45) is 8.07. The van der Waals surface area contributed by atoms with Crippen LogP contribution < -0.4 is 5.32 Å². The first-order valence-corrected chi connectivity index (χ1v) is 7.05. The molecule has 1 aromatic heterocycles. The molecule has 0 aliphatic heterocycles. The van der Waals surface area contributed by atoms with Crippen LogP contribution in [0.1, 0.15) is 18.4 Å². The SMILES string of the molecule is Brc1cccc(CNCCCCn2ccnc2)c1. The number of aryl methyl sites for hydroxylation is 1. The first-order chi connectivity index (χ1) is 8.84. The van der Waals surface area contributed by atoms with Gasteiger partial charge in [0.15, 0.2) is 0 Å². The number of hydrogen-bond acceptors (Lipinski definition) is 2. The fourth-order valence-corrected chi connectivity index (χ4v) is 2.29. The molecule has 4 heteroatoms. The van der Waals surface area contributed by atoms with Gasteiger partial charge >= 0.3 is 0 Å². The van der Waals surface area contributed by atoms with Gasteiger partial charge in [0.05, 0.1) is 6.33 Å². The van der Waals surface area contributed by atoms with Crippen molar-refractivity contribution in [3.63, 3.8) is 0 Å². The second-order valence-corrected chi connectivity index (χ2v) is 5.23. The van der Waals surface area contributed by atoms with Crippen LogP contribution >= 0.6 is 15.9 Å². The van der Waals surface area contributed by atoms with Crippen LogP contribution in [0.25, 0.3) is 0 Å². The molecule has 0 aliphatic rings. The molecule has 2 rings (SSSR count). The quantitative estimate of drug-likeness (QED) is 0.796. The summed E-state index contributed by atoms with van der Waals surface area (Å²) in [7, 11) is 0. The van der Waals surface area contributed by atoms with E-state index in [0.29, 0.717) is 0 Å². The number of nitrogens with zero attached hydrogens (tertiary/aromatic N) is 2. The zero-order valence-electron chi connectivity index (χ0n) is 10.3. The highest BCUT2D eigenvalue weighted by molar-refractivity contribution is 9.10. The van der Waals surface area contributed by atoms with Gasteiger partial charge in [0, 0.05) is 30.0 Å². The first kappa shape index (κ1) is 13.3. The van der Waals surface area contributed by atoms with Gasteiger partial charge in [0.2, 0.25) is 0 Å². The van der Waals surface area contributed by atoms with Crippen molar-refractivity contribution in [2.45, 2.75) is 25.9 Å². The first-order valence-electron chi connectivity index (χ1n) is 6.25. The zero-order chi connectivity index (χ0) is 12.6. The maximum Gasteiger partial charge on any atom is 0.0945 e. The minimum absolute atomic E-state index is 0.935. The topological polar surface area (TPSA) is 29.9 Å². The molecule has 96 valence electrons. The van der Waals surface area contributed by atoms with E-state index < -0.39 is 0 Å². The molecule has 1 heterocycles. The van der Waals surface area contributed by atoms with Crippen molar-refractivity contribution in [3.05, 3.63) is 53.0 Å². The van der Waals surface area contributed by atoms with Crippen molar-refractivity contribution >= 4 is 15.9 Å². The molecule has 0 unspecified atom stereocenters. The Labute approximate surface area is 116 Å². The molecular formula is C14H18BrN3. The molecule has 0 aliphatic carbocycles. The summed E-state index contributed by atoms with van der Waals surface area (Å²) in [6.45, 7) is 3.05. The smallest absolute Gasteiger partial charge is 0.0945 e. The Balaban J connectivity index is 1.56. The van der Waals surface area contributed by atoms with Crippen molar-refractivity contribution in [1.29, 1.82) is 0 Å². The number of imidazole rings is 1. The summed E-state index contributed by atoms with van der Waals surface area (Å²) in [5.41, 5.74) is 1.32. The van der Waals surface area contributed by atoms with E-state index in [-0.39, 0.29) is 0 Å². The molecule has 2 aromatic rings. The highest BCUT2D eigenvalue weighted by atomic mass is 79.9. The van der Waals surface area contributed by atoms with Crippen LogP contribution in [0.3, 0.4) is 0 Å². The summed E-state index contributed by atoms with van der Waals surface area (Å²) in [4.78, 5) is 4.03. The van der Waals surface area contributed by atoms with E-state index in [2.05, 4.69) is 55.1 Å². The van der Waals surface area contributed by atoms with Crippen molar-refractivity contribution < 1.29 is 0 Å². The van der Waals surface area contributed by atoms with Gasteiger partial charge in [-0.2, -0.15) is 0 Å². The van der Waals surface area contributed by atoms with E-state index in [1.54, 1.807) is 0 Å². The van der Waals surface area contributed by atoms with Gasteiger partial charge in [-0.3, -0.25) is 0 Å². The largest absolute Gasteiger partial charge is 0.337 e. The van der Waals surface area contributed by atoms with Crippen molar-refractivity contribution in [3.8, 4) is 0 Å². The van der Waals surface area contributed by atoms with Crippen LogP contribution in [0.4, 0.5) is 0 Å². The second-order valence-electron chi connectivity index (χ2n) is 4.31. The lowest BCUT2D eigenvalue weighted by Gasteiger charge is -2.06. The highest BCUT2D eigenvalue weighted by Crippen LogP contribution is 2.11. The average molecular weight is 308 g/mol. The Hall–Kier alpha value is -1.13. The highest BCUT2D eigenvalue weighted by Gasteiger charge is 1.94. The van der Waals surface area contributed by atoms with E-state index in [0.717, 1.165) is 24.1 Å². The average Bonchev–Trinajstić information content (AvgIpc) is 2.87. The van der Waals surface area contributed by atoms with Gasteiger partial charge in [0.1, 0.15) is 0 Å². The summed E-state index contributed by atoms with van der Waals surface area (Å²) in [6, 6.07) is 8.41. The lowest BCUT2D eigenvalue weighted by molar-refractivity contribution is 0.568. The molecule has 18 heavy (non-hydrogen) atoms. The van der Waals surface area contributed by atoms with Crippen molar-refractivity contribution in [2.24, 2.45) is 0 Å². The lowest BCUT2D eigenvalue weighted by atomic mass is 10.2. The van der Waals surface area contributed by atoms with Gasteiger partial charge in [-0.05, 0) is 37.1 Å². The standard InChI is InChI=1S/C14H18BrN3/c15-14-5-3-4-13(10-14)11-16-6-1-2-8-18-9-7-17-12-18/h3-5,7,9-10,12,16H,1-2,6,8,11H2. The summed E-state index contributed by atoms with van der Waals surface area (Å²) >= 11 is 3.48. The number of rotatable bonds is 7. The predicted octanol–water partition coefficient (Wildman–Crippen LogP) is 3.22. The van der Waals surface area contributed by atoms with Gasteiger partial charge < -0.3 is 9.88 Å². The normalized spacial score (nSPS) is 10.7. The Morgan fingerprint density at radius 2 is 2.22 bits per heavy atom. The fraction of sp³-hybridized carbons (Fsp3) is 0.357. The van der Waals surface area contributed by atoms with Gasteiger partial charge in [-0.25, -0.2) is 4.98 Å². The molecule has 0 radical (unpaired) electrons. The van der Waals surface area contributed by atoms with Crippen LogP contribution in [-0.2, 0) is 13.1 Å². The van der Waals surface area contributed by atoms with Crippen LogP contribution in [0, 0.1) is 0 Å². The Morgan fingerprint density at radius 1 is 1.28 bits per heavy atom. The Morgan fingerprint density at radius 3 is 3.00 bits per heavy atom. The fourth-order valence-electron chi connectivity index (χ4n) is 1.84. The molecule has 0 saturated carbocycles. The van der Waals surface area contributed by atoms with E-state index in [9.17, 15) is 0 Å². The van der Waals surface area contributed by atoms with Gasteiger partial charge in [0.25, 0.3) is 0 Å². The predicted molar refractivity (Wildman–Crippen MR) is 77.3 cm³/mol. The molecule has 3 nitrogen and oxygen atoms in total. The number of halogens is 1. The lowest BCUT2D eigenvalue weighted by Crippen LogP contribution is -2.15. The number of hydrogen-bond donors (Lipinski definition) is 1. The number of benzene rings is 1. The van der Waals surface area contributed by atoms with E-state index in [4.69, 9.17) is 0 Å². The van der Waals surface area contributed by atoms with Crippen molar-refractivity contribution in [1.82, 2.24) is 14.9 Å². The van der Waals surface area contributed by atoms with E-state index in [1.165, 1.54) is 18.4 Å². The minimum atomic E-state index is 0.935. The number of aromatic nitrogens is 2. The molecule has 0 fully saturated rings. The van der Waals surface area contributed by atoms with Crippen LogP contribution in [-0.4, -0.2) is 16.1 Å². The zero-order valence-corrected chi connectivity index (χ0v) is 11.9. The minimum Gasteiger partial charge on any atom is -0.337 e. The van der Waals surface area contributed by atoms with Crippen LogP contribution in [0.15, 0.2) is 47.5 Å². The molecule has 0 spiro atoms. The van der Waals surface area contributed by atoms with Gasteiger partial charge in [-0.1, -0.05) is 28.1 Å². The Kier molecular flexibility index (Phi) is 5.42. The molecule has 0 bridgehead atoms. The second kappa shape index (κ2) is 7.34. The number of unbranched alkanes of at least 4 members (excludes halogenated alkanes) is 1. The summed E-state index contributed by atoms with van der Waals surface area (Å²) < 4.78 is 3.26. The monoisotopic (exact) mass is 307 g/mol. The molecule has 1 N–H and O–H groups in total.